The quantitative estimate of drug-likeness (QED) is 0.664. The average molecular weight is 165 g/mol. The fraction of sp³-hybridized carbons (Fsp3) is 0.333. The second-order valence-corrected chi connectivity index (χ2v) is 2.44. The van der Waals surface area contributed by atoms with E-state index in [-0.39, 0.29) is 0 Å². The number of nitrogens with one attached hydrogen (secondary N) is 1. The number of nitrogens with zero attached hydrogens (tertiary/aromatic N) is 4. The molecular weight excluding hydrogens is 158 g/mol. The molecule has 0 aliphatic rings. The van der Waals surface area contributed by atoms with Crippen LogP contribution in [0.3, 0.4) is 0 Å². The molecule has 0 radical (unpaired) electrons. The molecule has 0 fully saturated rings. The summed E-state index contributed by atoms with van der Waals surface area (Å²) in [5.41, 5.74) is 1.27. The van der Waals surface area contributed by atoms with Gasteiger partial charge in [-0.15, -0.1) is 0 Å². The molecule has 0 aliphatic carbocycles. The van der Waals surface area contributed by atoms with E-state index in [0.29, 0.717) is 17.2 Å². The van der Waals surface area contributed by atoms with E-state index in [0.717, 1.165) is 5.82 Å². The van der Waals surface area contributed by atoms with Crippen molar-refractivity contribution in [3.63, 3.8) is 0 Å². The Hall–Kier alpha value is -1.72. The van der Waals surface area contributed by atoms with Gasteiger partial charge in [-0.05, 0) is 19.0 Å². The van der Waals surface area contributed by atoms with Gasteiger partial charge >= 0.3 is 0 Å². The zero-order valence-electron chi connectivity index (χ0n) is 6.70. The summed E-state index contributed by atoms with van der Waals surface area (Å²) in [6.45, 7) is 3.61. The van der Waals surface area contributed by atoms with Crippen molar-refractivity contribution in [3.8, 4) is 11.5 Å². The predicted octanol–water partition coefficient (Wildman–Crippen LogP) is 0.472. The fourth-order valence-electron chi connectivity index (χ4n) is 0.883. The highest BCUT2D eigenvalue weighted by Gasteiger charge is 2.11. The lowest BCUT2D eigenvalue weighted by Crippen LogP contribution is -1.83. The smallest absolute Gasteiger partial charge is 0.205 e. The summed E-state index contributed by atoms with van der Waals surface area (Å²) < 4.78 is 4.52. The minimum absolute atomic E-state index is 0.520. The van der Waals surface area contributed by atoms with Crippen molar-refractivity contribution in [1.29, 1.82) is 0 Å². The number of H-pyrrole nitrogens is 1. The van der Waals surface area contributed by atoms with Crippen LogP contribution in [-0.2, 0) is 0 Å². The van der Waals surface area contributed by atoms with Crippen LogP contribution in [0.25, 0.3) is 11.5 Å². The average Bonchev–Trinajstić information content (AvgIpc) is 2.58. The van der Waals surface area contributed by atoms with Crippen molar-refractivity contribution >= 4 is 0 Å². The zero-order valence-corrected chi connectivity index (χ0v) is 6.70. The second-order valence-electron chi connectivity index (χ2n) is 2.44. The molecule has 6 nitrogen and oxygen atoms in total. The van der Waals surface area contributed by atoms with Crippen LogP contribution in [0.15, 0.2) is 4.63 Å². The van der Waals surface area contributed by atoms with Crippen molar-refractivity contribution < 1.29 is 4.63 Å². The number of rotatable bonds is 1. The highest BCUT2D eigenvalue weighted by Crippen LogP contribution is 2.13. The molecule has 0 aromatic carbocycles. The van der Waals surface area contributed by atoms with Gasteiger partial charge < -0.3 is 0 Å². The zero-order chi connectivity index (χ0) is 8.55. The van der Waals surface area contributed by atoms with Gasteiger partial charge in [-0.25, -0.2) is 9.61 Å². The molecule has 2 rings (SSSR count). The summed E-state index contributed by atoms with van der Waals surface area (Å²) >= 11 is 0. The van der Waals surface area contributed by atoms with Crippen LogP contribution < -0.4 is 0 Å². The minimum atomic E-state index is 0.520. The summed E-state index contributed by atoms with van der Waals surface area (Å²) in [5.74, 6) is 1.26. The largest absolute Gasteiger partial charge is 0.263 e. The molecule has 0 spiro atoms. The van der Waals surface area contributed by atoms with Gasteiger partial charge in [-0.2, -0.15) is 5.10 Å². The van der Waals surface area contributed by atoms with Crippen LogP contribution in [0.4, 0.5) is 0 Å². The van der Waals surface area contributed by atoms with Gasteiger partial charge in [0.2, 0.25) is 5.82 Å². The lowest BCUT2D eigenvalue weighted by molar-refractivity contribution is 0.305. The molecule has 0 aliphatic heterocycles. The summed E-state index contributed by atoms with van der Waals surface area (Å²) in [6.07, 6.45) is 0. The molecule has 0 atom stereocenters. The first kappa shape index (κ1) is 6.96. The van der Waals surface area contributed by atoms with Crippen molar-refractivity contribution in [1.82, 2.24) is 25.5 Å². The van der Waals surface area contributed by atoms with Gasteiger partial charge in [0.25, 0.3) is 0 Å². The van der Waals surface area contributed by atoms with Gasteiger partial charge in [-0.1, -0.05) is 5.16 Å². The summed E-state index contributed by atoms with van der Waals surface area (Å²) in [4.78, 5) is 4.08. The van der Waals surface area contributed by atoms with Crippen LogP contribution in [-0.4, -0.2) is 25.5 Å². The maximum absolute atomic E-state index is 4.52. The number of aryl methyl sites for hydroxylation is 2. The second kappa shape index (κ2) is 2.40. The van der Waals surface area contributed by atoms with Gasteiger partial charge in [-0.3, -0.25) is 5.10 Å². The molecular formula is C6H7N5O. The Morgan fingerprint density at radius 1 is 1.25 bits per heavy atom. The Labute approximate surface area is 68.0 Å². The molecule has 2 aromatic rings. The van der Waals surface area contributed by atoms with E-state index < -0.39 is 0 Å². The Bertz CT molecular complexity index is 390. The van der Waals surface area contributed by atoms with Crippen LogP contribution in [0.1, 0.15) is 11.5 Å². The molecule has 1 N–H and O–H groups in total. The maximum Gasteiger partial charge on any atom is 0.205 e. The monoisotopic (exact) mass is 165 g/mol. The molecule has 12 heavy (non-hydrogen) atoms. The number of hydrogen-bond donors (Lipinski definition) is 1. The van der Waals surface area contributed by atoms with Gasteiger partial charge in [0.05, 0.1) is 0 Å². The first-order valence-corrected chi connectivity index (χ1v) is 3.46. The van der Waals surface area contributed by atoms with E-state index >= 15 is 0 Å². The SMILES string of the molecule is Cc1nc(-c2nonc2C)n[nH]1. The highest BCUT2D eigenvalue weighted by atomic mass is 16.6. The summed E-state index contributed by atoms with van der Waals surface area (Å²) in [5, 5.41) is 13.9. The summed E-state index contributed by atoms with van der Waals surface area (Å²) in [6, 6.07) is 0. The summed E-state index contributed by atoms with van der Waals surface area (Å²) in [7, 11) is 0. The fourth-order valence-corrected chi connectivity index (χ4v) is 0.883. The van der Waals surface area contributed by atoms with Crippen LogP contribution in [0.2, 0.25) is 0 Å². The molecule has 0 saturated heterocycles. The molecule has 0 saturated carbocycles. The standard InChI is InChI=1S/C6H7N5O/c1-3-5(11-12-10-3)6-7-4(2)8-9-6/h1-2H3,(H,7,8,9). The van der Waals surface area contributed by atoms with E-state index in [1.54, 1.807) is 6.92 Å². The third-order valence-electron chi connectivity index (χ3n) is 1.46. The number of aromatic amines is 1. The molecule has 6 heteroatoms. The molecule has 62 valence electrons. The Morgan fingerprint density at radius 2 is 2.08 bits per heavy atom. The van der Waals surface area contributed by atoms with Crippen LogP contribution in [0, 0.1) is 13.8 Å². The Morgan fingerprint density at radius 3 is 2.58 bits per heavy atom. The predicted molar refractivity (Wildman–Crippen MR) is 39.1 cm³/mol. The van der Waals surface area contributed by atoms with Gasteiger partial charge in [0.1, 0.15) is 11.5 Å². The van der Waals surface area contributed by atoms with Crippen molar-refractivity contribution in [2.45, 2.75) is 13.8 Å². The highest BCUT2D eigenvalue weighted by molar-refractivity contribution is 5.49. The topological polar surface area (TPSA) is 80.5 Å². The molecule has 0 bridgehead atoms. The third kappa shape index (κ3) is 0.969. The first-order chi connectivity index (χ1) is 5.77. The van der Waals surface area contributed by atoms with Crippen LogP contribution >= 0.6 is 0 Å². The van der Waals surface area contributed by atoms with E-state index in [9.17, 15) is 0 Å². The van der Waals surface area contributed by atoms with Gasteiger partial charge in [0, 0.05) is 0 Å². The van der Waals surface area contributed by atoms with E-state index in [1.807, 2.05) is 6.92 Å². The van der Waals surface area contributed by atoms with Gasteiger partial charge in [0.15, 0.2) is 5.69 Å². The maximum atomic E-state index is 4.52. The molecule has 0 unspecified atom stereocenters. The normalized spacial score (nSPS) is 10.5. The lowest BCUT2D eigenvalue weighted by Gasteiger charge is -1.82. The third-order valence-corrected chi connectivity index (χ3v) is 1.46. The van der Waals surface area contributed by atoms with E-state index in [4.69, 9.17) is 0 Å². The van der Waals surface area contributed by atoms with Crippen LogP contribution in [0.5, 0.6) is 0 Å². The van der Waals surface area contributed by atoms with Crippen molar-refractivity contribution in [3.05, 3.63) is 11.5 Å². The van der Waals surface area contributed by atoms with E-state index in [2.05, 4.69) is 30.1 Å². The number of hydrogen-bond acceptors (Lipinski definition) is 5. The molecule has 0 amide bonds. The lowest BCUT2D eigenvalue weighted by atomic mass is 10.3. The Kier molecular flexibility index (Phi) is 1.39. The molecule has 2 aromatic heterocycles. The van der Waals surface area contributed by atoms with Crippen molar-refractivity contribution in [2.75, 3.05) is 0 Å². The van der Waals surface area contributed by atoms with E-state index in [1.165, 1.54) is 0 Å². The minimum Gasteiger partial charge on any atom is -0.263 e. The Balaban J connectivity index is 2.50. The number of aromatic nitrogens is 5. The van der Waals surface area contributed by atoms with Crippen molar-refractivity contribution in [2.24, 2.45) is 0 Å². The molecule has 2 heterocycles. The first-order valence-electron chi connectivity index (χ1n) is 3.46.